The first-order chi connectivity index (χ1) is 12.3. The maximum atomic E-state index is 12.6. The monoisotopic (exact) mass is 338 g/mol. The van der Waals surface area contributed by atoms with Crippen LogP contribution in [0.1, 0.15) is 47.7 Å². The summed E-state index contributed by atoms with van der Waals surface area (Å²) in [6, 6.07) is 12.0. The van der Waals surface area contributed by atoms with Crippen molar-refractivity contribution >= 4 is 5.91 Å². The molecule has 4 nitrogen and oxygen atoms in total. The molecule has 0 radical (unpaired) electrons. The lowest BCUT2D eigenvalue weighted by Crippen LogP contribution is -2.40. The molecule has 0 unspecified atom stereocenters. The summed E-state index contributed by atoms with van der Waals surface area (Å²) in [5, 5.41) is 0. The molecule has 1 aliphatic rings. The number of benzene rings is 1. The average molecular weight is 338 g/mol. The molecule has 0 atom stereocenters. The van der Waals surface area contributed by atoms with Gasteiger partial charge in [-0.05, 0) is 48.6 Å². The molecular weight excluding hydrogens is 312 g/mol. The quantitative estimate of drug-likeness (QED) is 0.803. The Balaban J connectivity index is 1.47. The average Bonchev–Trinajstić information content (AvgIpc) is 2.68. The van der Waals surface area contributed by atoms with Crippen molar-refractivity contribution in [2.24, 2.45) is 0 Å². The molecule has 0 aliphatic carbocycles. The highest BCUT2D eigenvalue weighted by atomic mass is 16.5. The Labute approximate surface area is 149 Å². The molecule has 0 spiro atoms. The van der Waals surface area contributed by atoms with E-state index in [-0.39, 0.29) is 12.0 Å². The lowest BCUT2D eigenvalue weighted by Gasteiger charge is -2.32. The van der Waals surface area contributed by atoms with E-state index in [1.165, 1.54) is 5.56 Å². The second-order valence-corrected chi connectivity index (χ2v) is 6.61. The van der Waals surface area contributed by atoms with Crippen LogP contribution in [0.15, 0.2) is 48.8 Å². The summed E-state index contributed by atoms with van der Waals surface area (Å²) in [6.07, 6.45) is 7.79. The third-order valence-electron chi connectivity index (χ3n) is 4.68. The molecule has 4 heteroatoms. The summed E-state index contributed by atoms with van der Waals surface area (Å²) in [5.41, 5.74) is 3.17. The van der Waals surface area contributed by atoms with Gasteiger partial charge >= 0.3 is 0 Å². The van der Waals surface area contributed by atoms with Crippen LogP contribution in [0.5, 0.6) is 0 Å². The van der Waals surface area contributed by atoms with Crippen molar-refractivity contribution in [2.75, 3.05) is 13.1 Å². The van der Waals surface area contributed by atoms with E-state index < -0.39 is 0 Å². The van der Waals surface area contributed by atoms with Crippen LogP contribution in [0.4, 0.5) is 0 Å². The summed E-state index contributed by atoms with van der Waals surface area (Å²) in [5.74, 6) is 0.133. The van der Waals surface area contributed by atoms with Crippen molar-refractivity contribution in [1.29, 1.82) is 0 Å². The van der Waals surface area contributed by atoms with Gasteiger partial charge in [-0.2, -0.15) is 0 Å². The molecule has 1 amide bonds. The molecule has 2 heterocycles. The molecule has 0 N–H and O–H groups in total. The van der Waals surface area contributed by atoms with E-state index in [9.17, 15) is 4.79 Å². The smallest absolute Gasteiger partial charge is 0.253 e. The lowest BCUT2D eigenvalue weighted by atomic mass is 10.0. The fourth-order valence-corrected chi connectivity index (χ4v) is 3.21. The van der Waals surface area contributed by atoms with Gasteiger partial charge in [0.2, 0.25) is 0 Å². The first-order valence-electron chi connectivity index (χ1n) is 9.15. The van der Waals surface area contributed by atoms with Crippen molar-refractivity contribution in [3.63, 3.8) is 0 Å². The predicted molar refractivity (Wildman–Crippen MR) is 98.4 cm³/mol. The number of piperidine rings is 1. The first kappa shape index (κ1) is 17.6. The van der Waals surface area contributed by atoms with Crippen LogP contribution in [0.3, 0.4) is 0 Å². The lowest BCUT2D eigenvalue weighted by molar-refractivity contribution is -0.000468. The van der Waals surface area contributed by atoms with E-state index in [1.807, 2.05) is 35.4 Å². The van der Waals surface area contributed by atoms with Crippen LogP contribution >= 0.6 is 0 Å². The van der Waals surface area contributed by atoms with Crippen LogP contribution in [0, 0.1) is 0 Å². The molecule has 1 saturated heterocycles. The molecule has 1 aliphatic heterocycles. The molecule has 1 aromatic carbocycles. The molecule has 0 saturated carbocycles. The van der Waals surface area contributed by atoms with Crippen LogP contribution in [-0.2, 0) is 17.8 Å². The van der Waals surface area contributed by atoms with Crippen molar-refractivity contribution in [2.45, 2.75) is 45.3 Å². The van der Waals surface area contributed by atoms with Crippen molar-refractivity contribution in [3.05, 3.63) is 65.5 Å². The van der Waals surface area contributed by atoms with Gasteiger partial charge in [0.25, 0.3) is 5.91 Å². The predicted octanol–water partition coefficient (Wildman–Crippen LogP) is 3.86. The number of carbonyl (C=O) groups is 1. The topological polar surface area (TPSA) is 42.4 Å². The number of nitrogens with zero attached hydrogens (tertiary/aromatic N) is 2. The molecule has 25 heavy (non-hydrogen) atoms. The van der Waals surface area contributed by atoms with Gasteiger partial charge in [0.15, 0.2) is 0 Å². The highest BCUT2D eigenvalue weighted by Gasteiger charge is 2.24. The first-order valence-corrected chi connectivity index (χ1v) is 9.15. The summed E-state index contributed by atoms with van der Waals surface area (Å²) in [6.45, 7) is 4.27. The normalized spacial score (nSPS) is 15.3. The number of hydrogen-bond acceptors (Lipinski definition) is 3. The van der Waals surface area contributed by atoms with Gasteiger partial charge in [0, 0.05) is 31.0 Å². The van der Waals surface area contributed by atoms with Crippen LogP contribution in [-0.4, -0.2) is 35.0 Å². The zero-order valence-corrected chi connectivity index (χ0v) is 14.9. The Morgan fingerprint density at radius 1 is 1.16 bits per heavy atom. The van der Waals surface area contributed by atoms with Gasteiger partial charge in [0.05, 0.1) is 12.7 Å². The number of aryl methyl sites for hydroxylation is 1. The van der Waals surface area contributed by atoms with Crippen LogP contribution in [0.2, 0.25) is 0 Å². The number of ether oxygens (including phenoxy) is 1. The second kappa shape index (κ2) is 8.77. The zero-order valence-electron chi connectivity index (χ0n) is 14.9. The fourth-order valence-electron chi connectivity index (χ4n) is 3.21. The Hall–Kier alpha value is -2.20. The molecule has 0 bridgehead atoms. The third-order valence-corrected chi connectivity index (χ3v) is 4.68. The molecule has 1 fully saturated rings. The van der Waals surface area contributed by atoms with E-state index in [4.69, 9.17) is 4.74 Å². The SMILES string of the molecule is CCCc1ccc(C(=O)N2CCC(OCc3cccnc3)CC2)cc1. The van der Waals surface area contributed by atoms with Gasteiger partial charge < -0.3 is 9.64 Å². The molecule has 1 aromatic heterocycles. The number of aromatic nitrogens is 1. The minimum absolute atomic E-state index is 0.133. The van der Waals surface area contributed by atoms with E-state index >= 15 is 0 Å². The number of carbonyl (C=O) groups excluding carboxylic acids is 1. The second-order valence-electron chi connectivity index (χ2n) is 6.61. The van der Waals surface area contributed by atoms with Gasteiger partial charge in [-0.1, -0.05) is 31.5 Å². The Morgan fingerprint density at radius 2 is 1.92 bits per heavy atom. The van der Waals surface area contributed by atoms with Gasteiger partial charge in [-0.25, -0.2) is 0 Å². The Morgan fingerprint density at radius 3 is 2.56 bits per heavy atom. The van der Waals surface area contributed by atoms with Crippen molar-refractivity contribution in [1.82, 2.24) is 9.88 Å². The number of hydrogen-bond donors (Lipinski definition) is 0. The number of rotatable bonds is 6. The maximum absolute atomic E-state index is 12.6. The largest absolute Gasteiger partial charge is 0.373 e. The van der Waals surface area contributed by atoms with E-state index in [1.54, 1.807) is 6.20 Å². The molecule has 3 rings (SSSR count). The van der Waals surface area contributed by atoms with Gasteiger partial charge in [0.1, 0.15) is 0 Å². The highest BCUT2D eigenvalue weighted by Crippen LogP contribution is 2.18. The molecule has 132 valence electrons. The van der Waals surface area contributed by atoms with E-state index in [2.05, 4.69) is 24.0 Å². The number of pyridine rings is 1. The molecule has 2 aromatic rings. The van der Waals surface area contributed by atoms with E-state index in [0.29, 0.717) is 6.61 Å². The van der Waals surface area contributed by atoms with Crippen molar-refractivity contribution < 1.29 is 9.53 Å². The van der Waals surface area contributed by atoms with E-state index in [0.717, 1.165) is 49.9 Å². The van der Waals surface area contributed by atoms with Gasteiger partial charge in [-0.15, -0.1) is 0 Å². The molecular formula is C21H26N2O2. The zero-order chi connectivity index (χ0) is 17.5. The number of amides is 1. The minimum Gasteiger partial charge on any atom is -0.373 e. The Bertz CT molecular complexity index is 662. The maximum Gasteiger partial charge on any atom is 0.253 e. The van der Waals surface area contributed by atoms with Crippen LogP contribution in [0.25, 0.3) is 0 Å². The van der Waals surface area contributed by atoms with Crippen molar-refractivity contribution in [3.8, 4) is 0 Å². The summed E-state index contributed by atoms with van der Waals surface area (Å²) < 4.78 is 5.97. The third kappa shape index (κ3) is 4.89. The number of likely N-dealkylation sites (tertiary alicyclic amines) is 1. The minimum atomic E-state index is 0.133. The Kier molecular flexibility index (Phi) is 6.18. The van der Waals surface area contributed by atoms with Gasteiger partial charge in [-0.3, -0.25) is 9.78 Å². The summed E-state index contributed by atoms with van der Waals surface area (Å²) >= 11 is 0. The summed E-state index contributed by atoms with van der Waals surface area (Å²) in [4.78, 5) is 18.7. The van der Waals surface area contributed by atoms with Crippen LogP contribution < -0.4 is 0 Å². The summed E-state index contributed by atoms with van der Waals surface area (Å²) in [7, 11) is 0. The standard InChI is InChI=1S/C21H26N2O2/c1-2-4-17-6-8-19(9-7-17)21(24)23-13-10-20(11-14-23)25-16-18-5-3-12-22-15-18/h3,5-9,12,15,20H,2,4,10-11,13-14,16H2,1H3. The highest BCUT2D eigenvalue weighted by molar-refractivity contribution is 5.94. The fraction of sp³-hybridized carbons (Fsp3) is 0.429.